The van der Waals surface area contributed by atoms with E-state index in [0.29, 0.717) is 17.1 Å². The molecule has 6 nitrogen and oxygen atoms in total. The fourth-order valence-electron chi connectivity index (χ4n) is 4.23. The summed E-state index contributed by atoms with van der Waals surface area (Å²) in [7, 11) is 3.13. The van der Waals surface area contributed by atoms with Gasteiger partial charge in [0.15, 0.2) is 0 Å². The maximum absolute atomic E-state index is 12.7. The van der Waals surface area contributed by atoms with Crippen molar-refractivity contribution in [3.63, 3.8) is 0 Å². The van der Waals surface area contributed by atoms with E-state index in [0.717, 1.165) is 17.9 Å². The minimum absolute atomic E-state index is 0.165. The number of hydrogen-bond donors (Lipinski definition) is 0. The number of fused-ring (bicyclic) bond motifs is 1. The fourth-order valence-corrected chi connectivity index (χ4v) is 4.23. The van der Waals surface area contributed by atoms with Crippen LogP contribution in [0.25, 0.3) is 0 Å². The molecule has 2 amide bonds. The Labute approximate surface area is 146 Å². The zero-order valence-electron chi connectivity index (χ0n) is 14.2. The monoisotopic (exact) mass is 340 g/mol. The number of methoxy groups -OCH3 is 2. The van der Waals surface area contributed by atoms with E-state index in [2.05, 4.69) is 17.3 Å². The van der Waals surface area contributed by atoms with Crippen LogP contribution in [0.2, 0.25) is 0 Å². The Bertz CT molecular complexity index is 754. The third kappa shape index (κ3) is 2.44. The van der Waals surface area contributed by atoms with E-state index >= 15 is 0 Å². The number of hydrogen-bond acceptors (Lipinski definition) is 5. The maximum atomic E-state index is 12.7. The van der Waals surface area contributed by atoms with Gasteiger partial charge in [-0.15, -0.1) is 0 Å². The second-order valence-corrected chi connectivity index (χ2v) is 6.68. The summed E-state index contributed by atoms with van der Waals surface area (Å²) in [6.45, 7) is 0. The highest BCUT2D eigenvalue weighted by molar-refractivity contribution is 6.06. The van der Waals surface area contributed by atoms with Crippen molar-refractivity contribution >= 4 is 18.0 Å². The van der Waals surface area contributed by atoms with Crippen LogP contribution in [-0.2, 0) is 9.59 Å². The molecule has 1 aliphatic heterocycles. The number of carbonyl (C=O) groups excluding carboxylic acids is 2. The molecule has 4 atom stereocenters. The molecule has 1 saturated heterocycles. The van der Waals surface area contributed by atoms with Gasteiger partial charge in [0, 0.05) is 5.56 Å². The van der Waals surface area contributed by atoms with Gasteiger partial charge in [-0.05, 0) is 42.9 Å². The average molecular weight is 340 g/mol. The van der Waals surface area contributed by atoms with Crippen LogP contribution >= 0.6 is 0 Å². The number of hydrazone groups is 1. The number of nitrogens with zero attached hydrogens (tertiary/aromatic N) is 2. The maximum Gasteiger partial charge on any atom is 0.254 e. The molecule has 0 spiro atoms. The molecule has 4 aliphatic rings. The lowest BCUT2D eigenvalue weighted by Gasteiger charge is -2.37. The molecule has 0 aromatic heterocycles. The normalized spacial score (nSPS) is 30.2. The number of imide groups is 1. The zero-order chi connectivity index (χ0) is 17.6. The minimum atomic E-state index is -0.249. The molecule has 0 radical (unpaired) electrons. The highest BCUT2D eigenvalue weighted by atomic mass is 16.5. The van der Waals surface area contributed by atoms with Gasteiger partial charge < -0.3 is 9.47 Å². The zero-order valence-corrected chi connectivity index (χ0v) is 14.2. The Morgan fingerprint density at radius 1 is 1.04 bits per heavy atom. The third-order valence-corrected chi connectivity index (χ3v) is 5.49. The molecular weight excluding hydrogens is 320 g/mol. The fraction of sp³-hybridized carbons (Fsp3) is 0.421. The number of ether oxygens (including phenoxy) is 2. The molecule has 0 unspecified atom stereocenters. The molecule has 3 aliphatic carbocycles. The number of benzene rings is 1. The first-order chi connectivity index (χ1) is 12.1. The number of allylic oxidation sites excluding steroid dienone is 2. The SMILES string of the molecule is COc1ccc(OC)c(/C=N\N2C(=O)[C@@H]3[C@H](C2=O)[C@@H]2C=C[C@H]3CC2)c1. The smallest absolute Gasteiger partial charge is 0.254 e. The first-order valence-electron chi connectivity index (χ1n) is 8.46. The van der Waals surface area contributed by atoms with Crippen molar-refractivity contribution in [1.29, 1.82) is 0 Å². The second kappa shape index (κ2) is 6.02. The molecule has 0 N–H and O–H groups in total. The van der Waals surface area contributed by atoms with Gasteiger partial charge in [-0.25, -0.2) is 0 Å². The largest absolute Gasteiger partial charge is 0.497 e. The van der Waals surface area contributed by atoms with Crippen molar-refractivity contribution in [2.45, 2.75) is 12.8 Å². The topological polar surface area (TPSA) is 68.2 Å². The third-order valence-electron chi connectivity index (χ3n) is 5.49. The van der Waals surface area contributed by atoms with Gasteiger partial charge in [-0.2, -0.15) is 10.1 Å². The Hall–Kier alpha value is -2.63. The van der Waals surface area contributed by atoms with Gasteiger partial charge in [-0.3, -0.25) is 9.59 Å². The summed E-state index contributed by atoms with van der Waals surface area (Å²) in [5, 5.41) is 5.25. The minimum Gasteiger partial charge on any atom is -0.497 e. The summed E-state index contributed by atoms with van der Waals surface area (Å²) in [6.07, 6.45) is 7.63. The first kappa shape index (κ1) is 15.9. The average Bonchev–Trinajstić information content (AvgIpc) is 2.93. The van der Waals surface area contributed by atoms with E-state index < -0.39 is 0 Å². The second-order valence-electron chi connectivity index (χ2n) is 6.68. The molecule has 6 heteroatoms. The van der Waals surface area contributed by atoms with Gasteiger partial charge in [-0.1, -0.05) is 12.2 Å². The van der Waals surface area contributed by atoms with Crippen molar-refractivity contribution in [1.82, 2.24) is 5.01 Å². The highest BCUT2D eigenvalue weighted by Crippen LogP contribution is 2.49. The summed E-state index contributed by atoms with van der Waals surface area (Å²) in [5.41, 5.74) is 0.651. The molecule has 5 rings (SSSR count). The predicted molar refractivity (Wildman–Crippen MR) is 91.3 cm³/mol. The standard InChI is InChI=1S/C19H20N2O4/c1-24-14-7-8-15(25-2)13(9-14)10-20-21-18(22)16-11-3-4-12(6-5-11)17(16)19(21)23/h3-4,7-12,16-17H,5-6H2,1-2H3/b20-10-/t11-,12+,16-,17+. The van der Waals surface area contributed by atoms with Crippen LogP contribution in [0.3, 0.4) is 0 Å². The lowest BCUT2D eigenvalue weighted by molar-refractivity contribution is -0.140. The van der Waals surface area contributed by atoms with Crippen molar-refractivity contribution in [3.8, 4) is 11.5 Å². The Morgan fingerprint density at radius 2 is 1.68 bits per heavy atom. The van der Waals surface area contributed by atoms with E-state index in [4.69, 9.17) is 9.47 Å². The van der Waals surface area contributed by atoms with Crippen LogP contribution in [0, 0.1) is 23.7 Å². The van der Waals surface area contributed by atoms with Gasteiger partial charge in [0.25, 0.3) is 11.8 Å². The summed E-state index contributed by atoms with van der Waals surface area (Å²) in [6, 6.07) is 5.30. The van der Waals surface area contributed by atoms with Gasteiger partial charge in [0.05, 0.1) is 32.3 Å². The summed E-state index contributed by atoms with van der Waals surface area (Å²) >= 11 is 0. The molecule has 1 aromatic rings. The lowest BCUT2D eigenvalue weighted by atomic mass is 9.63. The van der Waals surface area contributed by atoms with E-state index in [1.807, 2.05) is 0 Å². The number of carbonyl (C=O) groups is 2. The summed E-state index contributed by atoms with van der Waals surface area (Å²) < 4.78 is 10.5. The lowest BCUT2D eigenvalue weighted by Crippen LogP contribution is -2.38. The molecule has 1 heterocycles. The van der Waals surface area contributed by atoms with Crippen LogP contribution < -0.4 is 9.47 Å². The van der Waals surface area contributed by atoms with Gasteiger partial charge >= 0.3 is 0 Å². The molecule has 25 heavy (non-hydrogen) atoms. The number of rotatable bonds is 4. The van der Waals surface area contributed by atoms with Gasteiger partial charge in [0.1, 0.15) is 11.5 Å². The van der Waals surface area contributed by atoms with E-state index in [1.165, 1.54) is 6.21 Å². The van der Waals surface area contributed by atoms with Crippen molar-refractivity contribution < 1.29 is 19.1 Å². The molecule has 130 valence electrons. The van der Waals surface area contributed by atoms with Crippen molar-refractivity contribution in [2.24, 2.45) is 28.8 Å². The van der Waals surface area contributed by atoms with Crippen LogP contribution in [0.1, 0.15) is 18.4 Å². The van der Waals surface area contributed by atoms with E-state index in [9.17, 15) is 9.59 Å². The quantitative estimate of drug-likeness (QED) is 0.479. The number of amides is 2. The summed E-state index contributed by atoms with van der Waals surface area (Å²) in [5.74, 6) is 0.705. The highest BCUT2D eigenvalue weighted by Gasteiger charge is 2.56. The van der Waals surface area contributed by atoms with Crippen LogP contribution in [0.15, 0.2) is 35.5 Å². The van der Waals surface area contributed by atoms with Crippen molar-refractivity contribution in [2.75, 3.05) is 14.2 Å². The van der Waals surface area contributed by atoms with Crippen LogP contribution in [-0.4, -0.2) is 37.3 Å². The van der Waals surface area contributed by atoms with Crippen molar-refractivity contribution in [3.05, 3.63) is 35.9 Å². The van der Waals surface area contributed by atoms with E-state index in [-0.39, 0.29) is 35.5 Å². The Kier molecular flexibility index (Phi) is 3.82. The molecular formula is C19H20N2O4. The first-order valence-corrected chi connectivity index (χ1v) is 8.46. The molecule has 2 fully saturated rings. The molecule has 1 aromatic carbocycles. The Balaban J connectivity index is 1.63. The van der Waals surface area contributed by atoms with Crippen LogP contribution in [0.4, 0.5) is 0 Å². The molecule has 2 bridgehead atoms. The van der Waals surface area contributed by atoms with E-state index in [1.54, 1.807) is 32.4 Å². The molecule has 1 saturated carbocycles. The van der Waals surface area contributed by atoms with Crippen LogP contribution in [0.5, 0.6) is 11.5 Å². The predicted octanol–water partition coefficient (Wildman–Crippen LogP) is 2.23. The van der Waals surface area contributed by atoms with Gasteiger partial charge in [0.2, 0.25) is 0 Å². The summed E-state index contributed by atoms with van der Waals surface area (Å²) in [4.78, 5) is 25.5. The Morgan fingerprint density at radius 3 is 2.20 bits per heavy atom.